The number of carbonyl (C=O) groups is 2. The average Bonchev–Trinajstić information content (AvgIpc) is 3.25. The minimum atomic E-state index is -1.04. The monoisotopic (exact) mass is 478 g/mol. The standard InChI is InChI=1S/C24H16ClFN4O4/c25-20-11-18(7-10-21(20)26)28-27-12-17-13-30(19-8-5-16(6-9-19)24(33)34)29-22(17)14-1-3-15(4-2-14)23(31)32/h1-13,28H,(H,31,32)(H,33,34)/b27-12+. The molecule has 4 aromatic rings. The van der Waals surface area contributed by atoms with Crippen molar-refractivity contribution in [2.75, 3.05) is 5.43 Å². The first-order valence-corrected chi connectivity index (χ1v) is 10.2. The molecule has 0 amide bonds. The van der Waals surface area contributed by atoms with E-state index in [2.05, 4.69) is 15.6 Å². The van der Waals surface area contributed by atoms with E-state index in [0.717, 1.165) is 0 Å². The number of carboxylic acids is 2. The summed E-state index contributed by atoms with van der Waals surface area (Å²) in [5.41, 5.74) is 5.90. The zero-order valence-corrected chi connectivity index (χ0v) is 18.1. The second-order valence-electron chi connectivity index (χ2n) is 7.11. The normalized spacial score (nSPS) is 11.0. The van der Waals surface area contributed by atoms with Gasteiger partial charge in [-0.25, -0.2) is 18.7 Å². The maximum Gasteiger partial charge on any atom is 0.335 e. The number of hydrogen-bond acceptors (Lipinski definition) is 5. The Hall–Kier alpha value is -4.50. The highest BCUT2D eigenvalue weighted by Gasteiger charge is 2.13. The van der Waals surface area contributed by atoms with E-state index in [4.69, 9.17) is 21.8 Å². The van der Waals surface area contributed by atoms with Gasteiger partial charge in [-0.3, -0.25) is 5.43 Å². The summed E-state index contributed by atoms with van der Waals surface area (Å²) in [6.07, 6.45) is 3.20. The van der Waals surface area contributed by atoms with Gasteiger partial charge in [0.2, 0.25) is 0 Å². The molecule has 3 N–H and O–H groups in total. The van der Waals surface area contributed by atoms with Gasteiger partial charge in [-0.2, -0.15) is 10.2 Å². The van der Waals surface area contributed by atoms with Gasteiger partial charge in [-0.15, -0.1) is 0 Å². The number of carboxylic acid groups (broad SMARTS) is 2. The summed E-state index contributed by atoms with van der Waals surface area (Å²) < 4.78 is 14.9. The van der Waals surface area contributed by atoms with Crippen LogP contribution in [0.1, 0.15) is 26.3 Å². The van der Waals surface area contributed by atoms with Gasteiger partial charge < -0.3 is 10.2 Å². The summed E-state index contributed by atoms with van der Waals surface area (Å²) in [7, 11) is 0. The Balaban J connectivity index is 1.69. The third-order valence-electron chi connectivity index (χ3n) is 4.84. The number of hydrogen-bond donors (Lipinski definition) is 3. The highest BCUT2D eigenvalue weighted by Crippen LogP contribution is 2.24. The van der Waals surface area contributed by atoms with E-state index in [1.54, 1.807) is 35.1 Å². The predicted octanol–water partition coefficient (Wildman–Crippen LogP) is 5.17. The van der Waals surface area contributed by atoms with Gasteiger partial charge in [0.05, 0.1) is 33.7 Å². The fourth-order valence-corrected chi connectivity index (χ4v) is 3.29. The molecular formula is C24H16ClFN4O4. The number of anilines is 1. The minimum absolute atomic E-state index is 0.0444. The van der Waals surface area contributed by atoms with Gasteiger partial charge in [0.1, 0.15) is 11.5 Å². The molecule has 34 heavy (non-hydrogen) atoms. The number of nitrogens with one attached hydrogen (secondary N) is 1. The summed E-state index contributed by atoms with van der Waals surface area (Å²) in [6.45, 7) is 0. The zero-order chi connectivity index (χ0) is 24.2. The van der Waals surface area contributed by atoms with Gasteiger partial charge in [-0.05, 0) is 54.6 Å². The van der Waals surface area contributed by atoms with Crippen LogP contribution in [0.5, 0.6) is 0 Å². The van der Waals surface area contributed by atoms with Crippen LogP contribution in [0.25, 0.3) is 16.9 Å². The third kappa shape index (κ3) is 4.94. The van der Waals surface area contributed by atoms with Gasteiger partial charge in [0.15, 0.2) is 0 Å². The topological polar surface area (TPSA) is 117 Å². The third-order valence-corrected chi connectivity index (χ3v) is 5.13. The number of benzene rings is 3. The molecule has 0 spiro atoms. The van der Waals surface area contributed by atoms with Crippen molar-refractivity contribution in [1.29, 1.82) is 0 Å². The van der Waals surface area contributed by atoms with Crippen molar-refractivity contribution < 1.29 is 24.2 Å². The van der Waals surface area contributed by atoms with E-state index >= 15 is 0 Å². The van der Waals surface area contributed by atoms with E-state index in [1.165, 1.54) is 48.7 Å². The van der Waals surface area contributed by atoms with Crippen LogP contribution in [0.2, 0.25) is 5.02 Å². The summed E-state index contributed by atoms with van der Waals surface area (Å²) in [5, 5.41) is 27.0. The Bertz CT molecular complexity index is 1400. The predicted molar refractivity (Wildman–Crippen MR) is 126 cm³/mol. The van der Waals surface area contributed by atoms with Crippen molar-refractivity contribution >= 4 is 35.4 Å². The highest BCUT2D eigenvalue weighted by molar-refractivity contribution is 6.31. The molecule has 8 nitrogen and oxygen atoms in total. The number of aromatic carboxylic acids is 2. The highest BCUT2D eigenvalue weighted by atomic mass is 35.5. The molecule has 0 aliphatic heterocycles. The number of aromatic nitrogens is 2. The molecular weight excluding hydrogens is 463 g/mol. The van der Waals surface area contributed by atoms with Crippen molar-refractivity contribution in [3.63, 3.8) is 0 Å². The molecule has 0 aliphatic carbocycles. The van der Waals surface area contributed by atoms with E-state index in [0.29, 0.717) is 28.2 Å². The number of hydrazone groups is 1. The minimum Gasteiger partial charge on any atom is -0.478 e. The molecule has 0 saturated heterocycles. The molecule has 10 heteroatoms. The lowest BCUT2D eigenvalue weighted by Gasteiger charge is -2.02. The van der Waals surface area contributed by atoms with Gasteiger partial charge in [0.25, 0.3) is 0 Å². The molecule has 0 bridgehead atoms. The second kappa shape index (κ2) is 9.55. The summed E-state index contributed by atoms with van der Waals surface area (Å²) >= 11 is 5.79. The molecule has 0 aliphatic rings. The van der Waals surface area contributed by atoms with E-state index in [1.807, 2.05) is 0 Å². The molecule has 0 radical (unpaired) electrons. The molecule has 0 atom stereocenters. The maximum atomic E-state index is 13.4. The van der Waals surface area contributed by atoms with Crippen molar-refractivity contribution in [3.05, 3.63) is 100 Å². The summed E-state index contributed by atoms with van der Waals surface area (Å²) in [5.74, 6) is -2.62. The average molecular weight is 479 g/mol. The first kappa shape index (κ1) is 22.7. The summed E-state index contributed by atoms with van der Waals surface area (Å²) in [6, 6.07) is 16.5. The quantitative estimate of drug-likeness (QED) is 0.249. The van der Waals surface area contributed by atoms with Crippen LogP contribution >= 0.6 is 11.6 Å². The molecule has 4 rings (SSSR count). The summed E-state index contributed by atoms with van der Waals surface area (Å²) in [4.78, 5) is 22.3. The number of halogens is 2. The van der Waals surface area contributed by atoms with E-state index < -0.39 is 17.8 Å². The van der Waals surface area contributed by atoms with Crippen LogP contribution in [0.4, 0.5) is 10.1 Å². The first-order valence-electron chi connectivity index (χ1n) is 9.83. The Kier molecular flexibility index (Phi) is 6.37. The van der Waals surface area contributed by atoms with Crippen LogP contribution in [0.3, 0.4) is 0 Å². The van der Waals surface area contributed by atoms with Crippen molar-refractivity contribution in [1.82, 2.24) is 9.78 Å². The Morgan fingerprint density at radius 1 is 0.971 bits per heavy atom. The van der Waals surface area contributed by atoms with E-state index in [-0.39, 0.29) is 16.1 Å². The largest absolute Gasteiger partial charge is 0.478 e. The Labute approximate surface area is 197 Å². The Morgan fingerprint density at radius 2 is 1.59 bits per heavy atom. The first-order chi connectivity index (χ1) is 16.3. The van der Waals surface area contributed by atoms with Crippen molar-refractivity contribution in [2.24, 2.45) is 5.10 Å². The lowest BCUT2D eigenvalue weighted by Crippen LogP contribution is -1.99. The van der Waals surface area contributed by atoms with Gasteiger partial charge in [0, 0.05) is 17.3 Å². The lowest BCUT2D eigenvalue weighted by molar-refractivity contribution is 0.0686. The second-order valence-corrected chi connectivity index (χ2v) is 7.52. The molecule has 1 aromatic heterocycles. The maximum absolute atomic E-state index is 13.4. The lowest BCUT2D eigenvalue weighted by atomic mass is 10.1. The fraction of sp³-hybridized carbons (Fsp3) is 0. The number of nitrogens with zero attached hydrogens (tertiary/aromatic N) is 3. The number of rotatable bonds is 7. The van der Waals surface area contributed by atoms with Gasteiger partial charge in [-0.1, -0.05) is 23.7 Å². The smallest absolute Gasteiger partial charge is 0.335 e. The molecule has 1 heterocycles. The molecule has 0 unspecified atom stereocenters. The van der Waals surface area contributed by atoms with Crippen LogP contribution in [0.15, 0.2) is 78.0 Å². The molecule has 3 aromatic carbocycles. The van der Waals surface area contributed by atoms with E-state index in [9.17, 15) is 14.0 Å². The van der Waals surface area contributed by atoms with Gasteiger partial charge >= 0.3 is 11.9 Å². The van der Waals surface area contributed by atoms with Crippen molar-refractivity contribution in [3.8, 4) is 16.9 Å². The molecule has 0 saturated carbocycles. The zero-order valence-electron chi connectivity index (χ0n) is 17.3. The van der Waals surface area contributed by atoms with Crippen molar-refractivity contribution in [2.45, 2.75) is 0 Å². The van der Waals surface area contributed by atoms with Crippen LogP contribution < -0.4 is 5.43 Å². The van der Waals surface area contributed by atoms with Crippen LogP contribution in [-0.4, -0.2) is 38.1 Å². The molecule has 0 fully saturated rings. The fourth-order valence-electron chi connectivity index (χ4n) is 3.11. The van der Waals surface area contributed by atoms with Crippen LogP contribution in [0, 0.1) is 5.82 Å². The Morgan fingerprint density at radius 3 is 2.18 bits per heavy atom. The molecule has 170 valence electrons. The van der Waals surface area contributed by atoms with Crippen LogP contribution in [-0.2, 0) is 0 Å². The SMILES string of the molecule is O=C(O)c1ccc(-c2nn(-c3ccc(C(=O)O)cc3)cc2/C=N/Nc2ccc(F)c(Cl)c2)cc1.